The standard InChI is InChI=1S/C21H25N3O6S/c1-13(2)20(22-14(3)25)21(26)23-15-4-6-16(7-5-15)24-31(27,28)17-8-9-18-19(12-17)30-11-10-29-18/h4-9,12-13,20,24H,10-11H2,1-3H3,(H,22,25)(H,23,26)/t20-/m1/s1. The lowest BCUT2D eigenvalue weighted by Crippen LogP contribution is -2.46. The highest BCUT2D eigenvalue weighted by atomic mass is 32.2. The van der Waals surface area contributed by atoms with Crippen LogP contribution in [-0.4, -0.2) is 39.5 Å². The molecule has 0 fully saturated rings. The second kappa shape index (κ2) is 9.25. The molecule has 166 valence electrons. The summed E-state index contributed by atoms with van der Waals surface area (Å²) in [6, 6.07) is 9.96. The first-order valence-corrected chi connectivity index (χ1v) is 11.2. The number of benzene rings is 2. The summed E-state index contributed by atoms with van der Waals surface area (Å²) in [6.07, 6.45) is 0. The summed E-state index contributed by atoms with van der Waals surface area (Å²) in [7, 11) is -3.84. The molecule has 2 amide bonds. The largest absolute Gasteiger partial charge is 0.486 e. The minimum Gasteiger partial charge on any atom is -0.486 e. The van der Waals surface area contributed by atoms with Gasteiger partial charge in [-0.3, -0.25) is 14.3 Å². The van der Waals surface area contributed by atoms with E-state index in [0.717, 1.165) is 0 Å². The van der Waals surface area contributed by atoms with Crippen molar-refractivity contribution in [1.29, 1.82) is 0 Å². The Labute approximate surface area is 181 Å². The highest BCUT2D eigenvalue weighted by Crippen LogP contribution is 2.32. The molecule has 3 rings (SSSR count). The van der Waals surface area contributed by atoms with Gasteiger partial charge >= 0.3 is 0 Å². The van der Waals surface area contributed by atoms with E-state index in [1.807, 2.05) is 13.8 Å². The van der Waals surface area contributed by atoms with Gasteiger partial charge in [0, 0.05) is 24.4 Å². The molecule has 0 saturated carbocycles. The third-order valence-electron chi connectivity index (χ3n) is 4.54. The Morgan fingerprint density at radius 3 is 2.16 bits per heavy atom. The van der Waals surface area contributed by atoms with E-state index in [2.05, 4.69) is 15.4 Å². The van der Waals surface area contributed by atoms with Gasteiger partial charge in [0.25, 0.3) is 10.0 Å². The lowest BCUT2D eigenvalue weighted by Gasteiger charge is -2.21. The Kier molecular flexibility index (Phi) is 6.69. The van der Waals surface area contributed by atoms with Crippen LogP contribution < -0.4 is 24.8 Å². The van der Waals surface area contributed by atoms with Gasteiger partial charge in [0.05, 0.1) is 4.90 Å². The van der Waals surface area contributed by atoms with Crippen molar-refractivity contribution in [2.75, 3.05) is 23.3 Å². The number of hydrogen-bond donors (Lipinski definition) is 3. The number of amides is 2. The molecule has 0 saturated heterocycles. The number of fused-ring (bicyclic) bond motifs is 1. The zero-order valence-corrected chi connectivity index (χ0v) is 18.3. The van der Waals surface area contributed by atoms with E-state index in [-0.39, 0.29) is 22.6 Å². The number of rotatable bonds is 7. The van der Waals surface area contributed by atoms with Crippen LogP contribution in [0.1, 0.15) is 20.8 Å². The van der Waals surface area contributed by atoms with Crippen LogP contribution in [0, 0.1) is 5.92 Å². The number of carbonyl (C=O) groups is 2. The molecule has 31 heavy (non-hydrogen) atoms. The molecule has 1 heterocycles. The fourth-order valence-electron chi connectivity index (χ4n) is 3.00. The quantitative estimate of drug-likeness (QED) is 0.599. The summed E-state index contributed by atoms with van der Waals surface area (Å²) in [5.41, 5.74) is 0.804. The third kappa shape index (κ3) is 5.66. The van der Waals surface area contributed by atoms with Gasteiger partial charge in [-0.05, 0) is 42.3 Å². The molecule has 1 atom stereocenters. The van der Waals surface area contributed by atoms with Crippen molar-refractivity contribution in [2.45, 2.75) is 31.7 Å². The first-order valence-electron chi connectivity index (χ1n) is 9.76. The van der Waals surface area contributed by atoms with Crippen molar-refractivity contribution in [1.82, 2.24) is 5.32 Å². The van der Waals surface area contributed by atoms with Crippen LogP contribution >= 0.6 is 0 Å². The summed E-state index contributed by atoms with van der Waals surface area (Å²) in [4.78, 5) is 23.8. The molecule has 0 unspecified atom stereocenters. The van der Waals surface area contributed by atoms with Gasteiger partial charge in [0.2, 0.25) is 11.8 Å². The number of ether oxygens (including phenoxy) is 2. The van der Waals surface area contributed by atoms with Gasteiger partial charge < -0.3 is 20.1 Å². The average molecular weight is 448 g/mol. The third-order valence-corrected chi connectivity index (χ3v) is 5.92. The Hall–Kier alpha value is -3.27. The van der Waals surface area contributed by atoms with Gasteiger partial charge in [-0.25, -0.2) is 8.42 Å². The molecule has 9 nitrogen and oxygen atoms in total. The highest BCUT2D eigenvalue weighted by Gasteiger charge is 2.23. The maximum absolute atomic E-state index is 12.7. The van der Waals surface area contributed by atoms with Gasteiger partial charge in [-0.15, -0.1) is 0 Å². The number of nitrogens with one attached hydrogen (secondary N) is 3. The monoisotopic (exact) mass is 447 g/mol. The smallest absolute Gasteiger partial charge is 0.262 e. The molecule has 0 aromatic heterocycles. The Bertz CT molecular complexity index is 1070. The van der Waals surface area contributed by atoms with Crippen molar-refractivity contribution in [2.24, 2.45) is 5.92 Å². The van der Waals surface area contributed by atoms with Crippen LogP contribution in [-0.2, 0) is 19.6 Å². The fraction of sp³-hybridized carbons (Fsp3) is 0.333. The van der Waals surface area contributed by atoms with Crippen LogP contribution in [0.15, 0.2) is 47.4 Å². The molecular formula is C21H25N3O6S. The second-order valence-electron chi connectivity index (χ2n) is 7.40. The van der Waals surface area contributed by atoms with Crippen LogP contribution in [0.2, 0.25) is 0 Å². The number of carbonyl (C=O) groups excluding carboxylic acids is 2. The molecule has 0 aliphatic carbocycles. The normalized spacial score (nSPS) is 13.9. The Balaban J connectivity index is 1.68. The van der Waals surface area contributed by atoms with Crippen molar-refractivity contribution in [3.05, 3.63) is 42.5 Å². The first-order chi connectivity index (χ1) is 14.7. The molecule has 0 bridgehead atoms. The maximum Gasteiger partial charge on any atom is 0.262 e. The number of anilines is 2. The highest BCUT2D eigenvalue weighted by molar-refractivity contribution is 7.92. The Morgan fingerprint density at radius 2 is 1.55 bits per heavy atom. The lowest BCUT2D eigenvalue weighted by molar-refractivity contribution is -0.126. The fourth-order valence-corrected chi connectivity index (χ4v) is 4.07. The summed E-state index contributed by atoms with van der Waals surface area (Å²) in [6.45, 7) is 5.79. The molecule has 10 heteroatoms. The van der Waals surface area contributed by atoms with E-state index >= 15 is 0 Å². The summed E-state index contributed by atoms with van der Waals surface area (Å²) in [5.74, 6) is 0.142. The molecular weight excluding hydrogens is 422 g/mol. The molecule has 0 radical (unpaired) electrons. The predicted octanol–water partition coefficient (Wildman–Crippen LogP) is 2.36. The van der Waals surface area contributed by atoms with E-state index in [4.69, 9.17) is 9.47 Å². The second-order valence-corrected chi connectivity index (χ2v) is 9.08. The van der Waals surface area contributed by atoms with Crippen LogP contribution in [0.4, 0.5) is 11.4 Å². The summed E-state index contributed by atoms with van der Waals surface area (Å²) >= 11 is 0. The maximum atomic E-state index is 12.7. The lowest BCUT2D eigenvalue weighted by atomic mass is 10.0. The minimum atomic E-state index is -3.84. The SMILES string of the molecule is CC(=O)N[C@@H](C(=O)Nc1ccc(NS(=O)(=O)c2ccc3c(c2)OCCO3)cc1)C(C)C. The minimum absolute atomic E-state index is 0.0456. The van der Waals surface area contributed by atoms with E-state index in [1.54, 1.807) is 18.2 Å². The van der Waals surface area contributed by atoms with Crippen molar-refractivity contribution >= 4 is 33.2 Å². The zero-order chi connectivity index (χ0) is 22.6. The molecule has 0 spiro atoms. The van der Waals surface area contributed by atoms with Gasteiger partial charge in [-0.2, -0.15) is 0 Å². The first kappa shape index (κ1) is 22.4. The molecule has 1 aliphatic heterocycles. The van der Waals surface area contributed by atoms with Crippen molar-refractivity contribution in [3.63, 3.8) is 0 Å². The van der Waals surface area contributed by atoms with Crippen LogP contribution in [0.5, 0.6) is 11.5 Å². The molecule has 3 N–H and O–H groups in total. The van der Waals surface area contributed by atoms with Crippen LogP contribution in [0.3, 0.4) is 0 Å². The Morgan fingerprint density at radius 1 is 0.935 bits per heavy atom. The number of hydrogen-bond acceptors (Lipinski definition) is 6. The zero-order valence-electron chi connectivity index (χ0n) is 17.5. The van der Waals surface area contributed by atoms with E-state index in [0.29, 0.717) is 36.1 Å². The molecule has 2 aromatic rings. The molecule has 1 aliphatic rings. The predicted molar refractivity (Wildman–Crippen MR) is 116 cm³/mol. The van der Waals surface area contributed by atoms with Crippen molar-refractivity contribution in [3.8, 4) is 11.5 Å². The van der Waals surface area contributed by atoms with E-state index in [9.17, 15) is 18.0 Å². The van der Waals surface area contributed by atoms with Crippen LogP contribution in [0.25, 0.3) is 0 Å². The van der Waals surface area contributed by atoms with E-state index < -0.39 is 16.1 Å². The van der Waals surface area contributed by atoms with E-state index in [1.165, 1.54) is 31.2 Å². The van der Waals surface area contributed by atoms with Crippen molar-refractivity contribution < 1.29 is 27.5 Å². The molecule has 2 aromatic carbocycles. The summed E-state index contributed by atoms with van der Waals surface area (Å²) in [5, 5.41) is 5.34. The van der Waals surface area contributed by atoms with Gasteiger partial charge in [0.1, 0.15) is 19.3 Å². The summed E-state index contributed by atoms with van der Waals surface area (Å²) < 4.78 is 38.7. The topological polar surface area (TPSA) is 123 Å². The average Bonchev–Trinajstić information content (AvgIpc) is 2.72. The number of sulfonamides is 1. The van der Waals surface area contributed by atoms with Gasteiger partial charge in [-0.1, -0.05) is 13.8 Å². The van der Waals surface area contributed by atoms with Gasteiger partial charge in [0.15, 0.2) is 11.5 Å².